The fourth-order valence-electron chi connectivity index (χ4n) is 1.90. The number of benzene rings is 1. The Morgan fingerprint density at radius 3 is 2.85 bits per heavy atom. The molecular weight excluding hydrogens is 262 g/mol. The van der Waals surface area contributed by atoms with Crippen molar-refractivity contribution in [2.24, 2.45) is 0 Å². The normalized spacial score (nSPS) is 11.9. The molecule has 0 saturated heterocycles. The summed E-state index contributed by atoms with van der Waals surface area (Å²) in [6, 6.07) is 5.75. The average molecular weight is 275 g/mol. The smallest absolute Gasteiger partial charge is 0.327 e. The zero-order chi connectivity index (χ0) is 14.7. The second-order valence-electron chi connectivity index (χ2n) is 4.18. The number of esters is 1. The predicted octanol–water partition coefficient (Wildman–Crippen LogP) is 2.12. The molecular formula is C13H13N3O4. The number of nitro benzene ring substituents is 1. The van der Waals surface area contributed by atoms with Crippen molar-refractivity contribution < 1.29 is 14.5 Å². The number of methoxy groups -OCH3 is 1. The molecule has 7 nitrogen and oxygen atoms in total. The lowest BCUT2D eigenvalue weighted by molar-refractivity contribution is -0.383. The predicted molar refractivity (Wildman–Crippen MR) is 73.5 cm³/mol. The highest BCUT2D eigenvalue weighted by Crippen LogP contribution is 2.29. The highest BCUT2D eigenvalue weighted by Gasteiger charge is 2.18. The molecule has 1 aromatic carbocycles. The standard InChI is InChI=1S/C13H13N3O4/c1-8(13(17)20-2)15-10-5-6-11(16(18)19)12-9(10)4-3-7-14-12/h3-8,15H,1-2H3. The van der Waals surface area contributed by atoms with Gasteiger partial charge in [0.1, 0.15) is 11.6 Å². The van der Waals surface area contributed by atoms with E-state index in [0.29, 0.717) is 11.1 Å². The summed E-state index contributed by atoms with van der Waals surface area (Å²) in [6.07, 6.45) is 1.49. The van der Waals surface area contributed by atoms with Crippen molar-refractivity contribution in [1.29, 1.82) is 0 Å². The summed E-state index contributed by atoms with van der Waals surface area (Å²) in [5.41, 5.74) is 0.799. The number of carbonyl (C=O) groups excluding carboxylic acids is 1. The van der Waals surface area contributed by atoms with Gasteiger partial charge in [0.05, 0.1) is 12.0 Å². The maximum Gasteiger partial charge on any atom is 0.327 e. The molecule has 0 fully saturated rings. The number of anilines is 1. The Bertz CT molecular complexity index is 672. The van der Waals surface area contributed by atoms with Gasteiger partial charge < -0.3 is 10.1 Å². The molecule has 0 amide bonds. The van der Waals surface area contributed by atoms with Crippen molar-refractivity contribution >= 4 is 28.2 Å². The van der Waals surface area contributed by atoms with Crippen LogP contribution in [0.25, 0.3) is 10.9 Å². The van der Waals surface area contributed by atoms with Gasteiger partial charge in [-0.3, -0.25) is 10.1 Å². The maximum absolute atomic E-state index is 11.4. The summed E-state index contributed by atoms with van der Waals surface area (Å²) < 4.78 is 4.63. The van der Waals surface area contributed by atoms with Gasteiger partial charge >= 0.3 is 5.97 Å². The van der Waals surface area contributed by atoms with Crippen LogP contribution in [0, 0.1) is 10.1 Å². The molecule has 2 rings (SSSR count). The maximum atomic E-state index is 11.4. The van der Waals surface area contributed by atoms with Crippen molar-refractivity contribution in [2.75, 3.05) is 12.4 Å². The van der Waals surface area contributed by atoms with E-state index in [4.69, 9.17) is 0 Å². The van der Waals surface area contributed by atoms with Gasteiger partial charge in [0.15, 0.2) is 0 Å². The molecule has 0 spiro atoms. The Morgan fingerprint density at radius 1 is 1.45 bits per heavy atom. The Morgan fingerprint density at radius 2 is 2.20 bits per heavy atom. The largest absolute Gasteiger partial charge is 0.467 e. The Hall–Kier alpha value is -2.70. The molecule has 0 bridgehead atoms. The van der Waals surface area contributed by atoms with Crippen LogP contribution in [-0.2, 0) is 9.53 Å². The number of nitrogens with one attached hydrogen (secondary N) is 1. The molecule has 1 atom stereocenters. The quantitative estimate of drug-likeness (QED) is 0.521. The SMILES string of the molecule is COC(=O)C(C)Nc1ccc([N+](=O)[O-])c2ncccc12. The summed E-state index contributed by atoms with van der Waals surface area (Å²) in [6.45, 7) is 1.65. The first-order valence-electron chi connectivity index (χ1n) is 5.91. The van der Waals surface area contributed by atoms with Crippen molar-refractivity contribution in [1.82, 2.24) is 4.98 Å². The van der Waals surface area contributed by atoms with E-state index < -0.39 is 16.9 Å². The van der Waals surface area contributed by atoms with E-state index in [2.05, 4.69) is 15.0 Å². The van der Waals surface area contributed by atoms with E-state index >= 15 is 0 Å². The van der Waals surface area contributed by atoms with Crippen LogP contribution in [0.5, 0.6) is 0 Å². The minimum Gasteiger partial charge on any atom is -0.467 e. The minimum absolute atomic E-state index is 0.0723. The number of fused-ring (bicyclic) bond motifs is 1. The van der Waals surface area contributed by atoms with E-state index in [9.17, 15) is 14.9 Å². The first kappa shape index (κ1) is 13.7. The number of ether oxygens (including phenoxy) is 1. The summed E-state index contributed by atoms with van der Waals surface area (Å²) >= 11 is 0. The van der Waals surface area contributed by atoms with Crippen LogP contribution in [0.3, 0.4) is 0 Å². The number of pyridine rings is 1. The lowest BCUT2D eigenvalue weighted by Crippen LogP contribution is -2.27. The van der Waals surface area contributed by atoms with Crippen LogP contribution in [0.2, 0.25) is 0 Å². The second-order valence-corrected chi connectivity index (χ2v) is 4.18. The van der Waals surface area contributed by atoms with Crippen LogP contribution in [0.4, 0.5) is 11.4 Å². The topological polar surface area (TPSA) is 94.4 Å². The number of carbonyl (C=O) groups is 1. The second kappa shape index (κ2) is 5.52. The zero-order valence-corrected chi connectivity index (χ0v) is 11.0. The number of nitrogens with zero attached hydrogens (tertiary/aromatic N) is 2. The molecule has 1 N–H and O–H groups in total. The summed E-state index contributed by atoms with van der Waals surface area (Å²) in [5, 5.41) is 14.5. The Kier molecular flexibility index (Phi) is 3.79. The third-order valence-corrected chi connectivity index (χ3v) is 2.87. The molecule has 1 unspecified atom stereocenters. The van der Waals surface area contributed by atoms with E-state index in [1.54, 1.807) is 25.1 Å². The third-order valence-electron chi connectivity index (χ3n) is 2.87. The number of non-ortho nitro benzene ring substituents is 1. The lowest BCUT2D eigenvalue weighted by atomic mass is 10.1. The van der Waals surface area contributed by atoms with Gasteiger partial charge in [0.25, 0.3) is 5.69 Å². The molecule has 0 radical (unpaired) electrons. The molecule has 20 heavy (non-hydrogen) atoms. The molecule has 1 aromatic heterocycles. The fourth-order valence-corrected chi connectivity index (χ4v) is 1.90. The van der Waals surface area contributed by atoms with Gasteiger partial charge in [-0.2, -0.15) is 0 Å². The van der Waals surface area contributed by atoms with E-state index in [0.717, 1.165) is 0 Å². The molecule has 0 saturated carbocycles. The molecule has 104 valence electrons. The van der Waals surface area contributed by atoms with Gasteiger partial charge in [-0.05, 0) is 25.1 Å². The molecule has 0 aliphatic heterocycles. The van der Waals surface area contributed by atoms with Gasteiger partial charge in [-0.25, -0.2) is 9.78 Å². The van der Waals surface area contributed by atoms with Crippen molar-refractivity contribution in [3.05, 3.63) is 40.6 Å². The van der Waals surface area contributed by atoms with Gasteiger partial charge in [0.2, 0.25) is 0 Å². The van der Waals surface area contributed by atoms with Crippen molar-refractivity contribution in [2.45, 2.75) is 13.0 Å². The Labute approximate surface area is 114 Å². The number of hydrogen-bond donors (Lipinski definition) is 1. The number of hydrogen-bond acceptors (Lipinski definition) is 6. The summed E-state index contributed by atoms with van der Waals surface area (Å²) in [5.74, 6) is -0.416. The molecule has 2 aromatic rings. The fraction of sp³-hybridized carbons (Fsp3) is 0.231. The van der Waals surface area contributed by atoms with Crippen molar-refractivity contribution in [3.63, 3.8) is 0 Å². The zero-order valence-electron chi connectivity index (χ0n) is 11.0. The number of nitro groups is 1. The molecule has 0 aliphatic carbocycles. The minimum atomic E-state index is -0.565. The molecule has 7 heteroatoms. The van der Waals surface area contributed by atoms with Gasteiger partial charge in [-0.1, -0.05) is 0 Å². The third kappa shape index (κ3) is 2.51. The summed E-state index contributed by atoms with van der Waals surface area (Å²) in [4.78, 5) is 25.9. The van der Waals surface area contributed by atoms with E-state index in [-0.39, 0.29) is 11.2 Å². The van der Waals surface area contributed by atoms with Gasteiger partial charge in [-0.15, -0.1) is 0 Å². The van der Waals surface area contributed by atoms with Crippen LogP contribution >= 0.6 is 0 Å². The van der Waals surface area contributed by atoms with Crippen LogP contribution in [0.15, 0.2) is 30.5 Å². The lowest BCUT2D eigenvalue weighted by Gasteiger charge is -2.14. The van der Waals surface area contributed by atoms with E-state index in [1.807, 2.05) is 0 Å². The highest BCUT2D eigenvalue weighted by atomic mass is 16.6. The first-order chi connectivity index (χ1) is 9.54. The molecule has 1 heterocycles. The average Bonchev–Trinajstić information content (AvgIpc) is 2.46. The van der Waals surface area contributed by atoms with Crippen LogP contribution in [0.1, 0.15) is 6.92 Å². The van der Waals surface area contributed by atoms with Crippen LogP contribution in [-0.4, -0.2) is 29.0 Å². The van der Waals surface area contributed by atoms with E-state index in [1.165, 1.54) is 19.4 Å². The monoisotopic (exact) mass is 275 g/mol. The van der Waals surface area contributed by atoms with Crippen LogP contribution < -0.4 is 5.32 Å². The Balaban J connectivity index is 2.48. The van der Waals surface area contributed by atoms with Crippen molar-refractivity contribution in [3.8, 4) is 0 Å². The first-order valence-corrected chi connectivity index (χ1v) is 5.91. The number of rotatable bonds is 4. The molecule has 0 aliphatic rings. The number of aromatic nitrogens is 1. The summed E-state index contributed by atoms with van der Waals surface area (Å²) in [7, 11) is 1.30. The highest BCUT2D eigenvalue weighted by molar-refractivity contribution is 5.98. The van der Waals surface area contributed by atoms with Gasteiger partial charge in [0, 0.05) is 23.3 Å².